The van der Waals surface area contributed by atoms with Crippen molar-refractivity contribution >= 4 is 33.5 Å². The third-order valence-corrected chi connectivity index (χ3v) is 3.52. The fourth-order valence-corrected chi connectivity index (χ4v) is 2.02. The van der Waals surface area contributed by atoms with Crippen molar-refractivity contribution in [2.45, 2.75) is 26.3 Å². The van der Waals surface area contributed by atoms with Gasteiger partial charge in [0.2, 0.25) is 0 Å². The van der Waals surface area contributed by atoms with Gasteiger partial charge < -0.3 is 16.2 Å². The van der Waals surface area contributed by atoms with Crippen LogP contribution in [-0.4, -0.2) is 23.0 Å². The van der Waals surface area contributed by atoms with E-state index < -0.39 is 17.9 Å². The molecule has 0 heterocycles. The maximum absolute atomic E-state index is 12.0. The predicted octanol–water partition coefficient (Wildman–Crippen LogP) is 2.26. The zero-order valence-corrected chi connectivity index (χ0v) is 12.4. The van der Waals surface area contributed by atoms with Gasteiger partial charge in [0.1, 0.15) is 6.04 Å². The van der Waals surface area contributed by atoms with E-state index in [4.69, 9.17) is 10.8 Å². The van der Waals surface area contributed by atoms with E-state index in [1.807, 2.05) is 6.92 Å². The quantitative estimate of drug-likeness (QED) is 0.723. The van der Waals surface area contributed by atoms with Crippen molar-refractivity contribution in [1.29, 1.82) is 0 Å². The molecular formula is C13H17BrN2O3. The van der Waals surface area contributed by atoms with Crippen molar-refractivity contribution in [3.63, 3.8) is 0 Å². The van der Waals surface area contributed by atoms with Crippen LogP contribution < -0.4 is 11.1 Å². The van der Waals surface area contributed by atoms with E-state index in [0.717, 1.165) is 4.47 Å². The van der Waals surface area contributed by atoms with Crippen LogP contribution in [0.15, 0.2) is 22.7 Å². The summed E-state index contributed by atoms with van der Waals surface area (Å²) < 4.78 is 0.762. The molecule has 1 aromatic carbocycles. The summed E-state index contributed by atoms with van der Waals surface area (Å²) in [5.74, 6) is -1.67. The normalized spacial score (nSPS) is 13.6. The Hall–Kier alpha value is -1.56. The van der Waals surface area contributed by atoms with Crippen molar-refractivity contribution in [1.82, 2.24) is 5.32 Å². The van der Waals surface area contributed by atoms with Gasteiger partial charge in [0, 0.05) is 10.2 Å². The van der Waals surface area contributed by atoms with Crippen molar-refractivity contribution in [3.8, 4) is 0 Å². The third kappa shape index (κ3) is 3.96. The van der Waals surface area contributed by atoms with Gasteiger partial charge >= 0.3 is 5.97 Å². The molecule has 2 unspecified atom stereocenters. The van der Waals surface area contributed by atoms with Crippen LogP contribution in [0.1, 0.15) is 30.6 Å². The lowest BCUT2D eigenvalue weighted by molar-refractivity contribution is -0.140. The minimum atomic E-state index is -1.04. The van der Waals surface area contributed by atoms with E-state index in [2.05, 4.69) is 21.2 Å². The number of carbonyl (C=O) groups excluding carboxylic acids is 1. The molecule has 4 N–H and O–H groups in total. The first kappa shape index (κ1) is 15.5. The second-order valence-electron chi connectivity index (χ2n) is 4.41. The van der Waals surface area contributed by atoms with Gasteiger partial charge in [-0.25, -0.2) is 4.79 Å². The van der Waals surface area contributed by atoms with Gasteiger partial charge in [0.25, 0.3) is 5.91 Å². The molecule has 0 radical (unpaired) electrons. The van der Waals surface area contributed by atoms with E-state index in [9.17, 15) is 9.59 Å². The van der Waals surface area contributed by atoms with E-state index in [0.29, 0.717) is 12.1 Å². The number of anilines is 1. The molecule has 104 valence electrons. The second-order valence-corrected chi connectivity index (χ2v) is 5.32. The number of benzene rings is 1. The summed E-state index contributed by atoms with van der Waals surface area (Å²) in [6.45, 7) is 3.66. The molecule has 5 nitrogen and oxygen atoms in total. The van der Waals surface area contributed by atoms with E-state index in [1.165, 1.54) is 0 Å². The largest absolute Gasteiger partial charge is 0.480 e. The van der Waals surface area contributed by atoms with Crippen LogP contribution in [0.25, 0.3) is 0 Å². The highest BCUT2D eigenvalue weighted by atomic mass is 79.9. The van der Waals surface area contributed by atoms with Crippen molar-refractivity contribution in [2.24, 2.45) is 5.92 Å². The number of carbonyl (C=O) groups is 2. The van der Waals surface area contributed by atoms with Gasteiger partial charge in [-0.1, -0.05) is 36.2 Å². The molecule has 0 bridgehead atoms. The highest BCUT2D eigenvalue weighted by Crippen LogP contribution is 2.19. The number of halogens is 1. The SMILES string of the molecule is CCC(C)C(NC(=O)c1ccc(Br)cc1N)C(=O)O. The minimum Gasteiger partial charge on any atom is -0.480 e. The molecule has 0 fully saturated rings. The molecule has 19 heavy (non-hydrogen) atoms. The topological polar surface area (TPSA) is 92.4 Å². The van der Waals surface area contributed by atoms with Crippen LogP contribution in [0.2, 0.25) is 0 Å². The molecule has 0 aliphatic rings. The maximum Gasteiger partial charge on any atom is 0.326 e. The first-order chi connectivity index (χ1) is 8.86. The number of amides is 1. The van der Waals surface area contributed by atoms with Gasteiger partial charge in [-0.3, -0.25) is 4.79 Å². The van der Waals surface area contributed by atoms with Crippen LogP contribution in [0.4, 0.5) is 5.69 Å². The zero-order chi connectivity index (χ0) is 14.6. The molecule has 0 aliphatic heterocycles. The molecule has 6 heteroatoms. The summed E-state index contributed by atoms with van der Waals surface area (Å²) in [6.07, 6.45) is 0.660. The monoisotopic (exact) mass is 328 g/mol. The lowest BCUT2D eigenvalue weighted by Crippen LogP contribution is -2.45. The van der Waals surface area contributed by atoms with Gasteiger partial charge in [0.15, 0.2) is 0 Å². The number of hydrogen-bond acceptors (Lipinski definition) is 3. The number of aliphatic carboxylic acids is 1. The third-order valence-electron chi connectivity index (χ3n) is 3.02. The molecular weight excluding hydrogens is 312 g/mol. The molecule has 0 saturated carbocycles. The predicted molar refractivity (Wildman–Crippen MR) is 76.9 cm³/mol. The first-order valence-corrected chi connectivity index (χ1v) is 6.74. The molecule has 1 aromatic rings. The summed E-state index contributed by atoms with van der Waals surface area (Å²) in [5, 5.41) is 11.6. The Morgan fingerprint density at radius 2 is 2.11 bits per heavy atom. The fourth-order valence-electron chi connectivity index (χ4n) is 1.64. The second kappa shape index (κ2) is 6.56. The number of carboxylic acid groups (broad SMARTS) is 1. The highest BCUT2D eigenvalue weighted by Gasteiger charge is 2.26. The van der Waals surface area contributed by atoms with Crippen LogP contribution in [-0.2, 0) is 4.79 Å². The highest BCUT2D eigenvalue weighted by molar-refractivity contribution is 9.10. The minimum absolute atomic E-state index is 0.155. The van der Waals surface area contributed by atoms with Crippen molar-refractivity contribution in [3.05, 3.63) is 28.2 Å². The number of nitrogen functional groups attached to an aromatic ring is 1. The molecule has 0 aromatic heterocycles. The summed E-state index contributed by atoms with van der Waals surface area (Å²) in [7, 11) is 0. The Kier molecular flexibility index (Phi) is 5.35. The van der Waals surface area contributed by atoms with Crippen molar-refractivity contribution in [2.75, 3.05) is 5.73 Å². The number of nitrogens with one attached hydrogen (secondary N) is 1. The fraction of sp³-hybridized carbons (Fsp3) is 0.385. The Labute approximate surface area is 120 Å². The van der Waals surface area contributed by atoms with Crippen LogP contribution in [0, 0.1) is 5.92 Å². The lowest BCUT2D eigenvalue weighted by Gasteiger charge is -2.20. The van der Waals surface area contributed by atoms with Gasteiger partial charge in [0.05, 0.1) is 5.56 Å². The molecule has 0 saturated heterocycles. The van der Waals surface area contributed by atoms with Crippen molar-refractivity contribution < 1.29 is 14.7 Å². The molecule has 0 aliphatic carbocycles. The first-order valence-electron chi connectivity index (χ1n) is 5.95. The summed E-state index contributed by atoms with van der Waals surface area (Å²) in [6, 6.07) is 3.93. The Morgan fingerprint density at radius 1 is 1.47 bits per heavy atom. The Balaban J connectivity index is 2.91. The van der Waals surface area contributed by atoms with Gasteiger partial charge in [-0.2, -0.15) is 0 Å². The van der Waals surface area contributed by atoms with Crippen LogP contribution in [0.5, 0.6) is 0 Å². The van der Waals surface area contributed by atoms with E-state index >= 15 is 0 Å². The number of rotatable bonds is 5. The zero-order valence-electron chi connectivity index (χ0n) is 10.8. The lowest BCUT2D eigenvalue weighted by atomic mass is 9.99. The summed E-state index contributed by atoms with van der Waals surface area (Å²) >= 11 is 3.25. The van der Waals surface area contributed by atoms with Gasteiger partial charge in [-0.15, -0.1) is 0 Å². The Morgan fingerprint density at radius 3 is 2.58 bits per heavy atom. The maximum atomic E-state index is 12.0. The van der Waals surface area contributed by atoms with Crippen LogP contribution >= 0.6 is 15.9 Å². The average Bonchev–Trinajstić information content (AvgIpc) is 2.34. The van der Waals surface area contributed by atoms with Gasteiger partial charge in [-0.05, 0) is 24.1 Å². The van der Waals surface area contributed by atoms with Crippen LogP contribution in [0.3, 0.4) is 0 Å². The molecule has 2 atom stereocenters. The average molecular weight is 329 g/mol. The number of carboxylic acids is 1. The Bertz CT molecular complexity index is 491. The molecule has 0 spiro atoms. The van der Waals surface area contributed by atoms with E-state index in [1.54, 1.807) is 25.1 Å². The molecule has 1 amide bonds. The smallest absolute Gasteiger partial charge is 0.326 e. The molecule has 1 rings (SSSR count). The standard InChI is InChI=1S/C13H17BrN2O3/c1-3-7(2)11(13(18)19)16-12(17)9-5-4-8(14)6-10(9)15/h4-7,11H,3,15H2,1-2H3,(H,16,17)(H,18,19). The number of nitrogens with two attached hydrogens (primary N) is 1. The van der Waals surface area contributed by atoms with E-state index in [-0.39, 0.29) is 11.5 Å². The summed E-state index contributed by atoms with van der Waals surface area (Å²) in [4.78, 5) is 23.2. The summed E-state index contributed by atoms with van der Waals surface area (Å²) in [5.41, 5.74) is 6.33. The number of hydrogen-bond donors (Lipinski definition) is 3.